The summed E-state index contributed by atoms with van der Waals surface area (Å²) in [6.07, 6.45) is 0. The number of aromatic amines is 1. The highest BCUT2D eigenvalue weighted by atomic mass is 19.1. The highest BCUT2D eigenvalue weighted by Gasteiger charge is 2.27. The Kier molecular flexibility index (Phi) is 5.86. The molecule has 0 atom stereocenters. The minimum atomic E-state index is -0.861. The van der Waals surface area contributed by atoms with Crippen LogP contribution in [0.15, 0.2) is 72.8 Å². The van der Waals surface area contributed by atoms with Gasteiger partial charge in [-0.15, -0.1) is 0 Å². The molecular formula is C26H21F3N2O. The molecule has 0 radical (unpaired) electrons. The van der Waals surface area contributed by atoms with Gasteiger partial charge in [-0.2, -0.15) is 0 Å². The van der Waals surface area contributed by atoms with Gasteiger partial charge in [0.25, 0.3) is 5.91 Å². The van der Waals surface area contributed by atoms with Crippen LogP contribution in [0.4, 0.5) is 18.9 Å². The van der Waals surface area contributed by atoms with Gasteiger partial charge in [0.05, 0.1) is 16.9 Å². The summed E-state index contributed by atoms with van der Waals surface area (Å²) in [6, 6.07) is 18.3. The van der Waals surface area contributed by atoms with Gasteiger partial charge in [-0.1, -0.05) is 44.2 Å². The third kappa shape index (κ3) is 4.17. The predicted octanol–water partition coefficient (Wildman–Crippen LogP) is 7.14. The van der Waals surface area contributed by atoms with E-state index in [1.165, 1.54) is 18.2 Å². The lowest BCUT2D eigenvalue weighted by Gasteiger charge is -2.12. The summed E-state index contributed by atoms with van der Waals surface area (Å²) in [5.41, 5.74) is 3.66. The summed E-state index contributed by atoms with van der Waals surface area (Å²) in [5, 5.41) is 2.57. The van der Waals surface area contributed by atoms with Crippen LogP contribution in [0.25, 0.3) is 22.4 Å². The van der Waals surface area contributed by atoms with Crippen LogP contribution in [0.3, 0.4) is 0 Å². The maximum Gasteiger partial charge on any atom is 0.258 e. The first-order valence-corrected chi connectivity index (χ1v) is 10.2. The Hall–Kier alpha value is -3.80. The van der Waals surface area contributed by atoms with Crippen molar-refractivity contribution in [3.8, 4) is 22.4 Å². The number of aromatic nitrogens is 1. The maximum absolute atomic E-state index is 14.2. The normalized spacial score (nSPS) is 11.1. The van der Waals surface area contributed by atoms with Gasteiger partial charge in [0.1, 0.15) is 17.5 Å². The van der Waals surface area contributed by atoms with Crippen LogP contribution in [0.2, 0.25) is 0 Å². The quantitative estimate of drug-likeness (QED) is 0.344. The molecule has 4 aromatic rings. The maximum atomic E-state index is 14.2. The molecule has 0 fully saturated rings. The van der Waals surface area contributed by atoms with Crippen LogP contribution in [0.1, 0.15) is 35.8 Å². The SMILES string of the molecule is CC(C)c1[nH]c(-c2ccc(F)cc2)c(-c2ccccc2)c1C(=O)Nc1ccc(F)cc1F. The number of amides is 1. The number of hydrogen-bond acceptors (Lipinski definition) is 1. The Balaban J connectivity index is 1.91. The lowest BCUT2D eigenvalue weighted by atomic mass is 9.94. The molecular weight excluding hydrogens is 413 g/mol. The van der Waals surface area contributed by atoms with Gasteiger partial charge in [0, 0.05) is 17.3 Å². The van der Waals surface area contributed by atoms with Gasteiger partial charge in [-0.05, 0) is 53.4 Å². The van der Waals surface area contributed by atoms with E-state index >= 15 is 0 Å². The van der Waals surface area contributed by atoms with Crippen molar-refractivity contribution in [2.24, 2.45) is 0 Å². The zero-order valence-corrected chi connectivity index (χ0v) is 17.5. The van der Waals surface area contributed by atoms with Gasteiger partial charge in [-0.3, -0.25) is 4.79 Å². The van der Waals surface area contributed by atoms with Crippen molar-refractivity contribution in [1.29, 1.82) is 0 Å². The molecule has 0 aliphatic carbocycles. The van der Waals surface area contributed by atoms with Crippen molar-refractivity contribution in [2.45, 2.75) is 19.8 Å². The molecule has 0 saturated heterocycles. The fourth-order valence-corrected chi connectivity index (χ4v) is 3.69. The Bertz CT molecular complexity index is 1260. The largest absolute Gasteiger partial charge is 0.357 e. The summed E-state index contributed by atoms with van der Waals surface area (Å²) in [7, 11) is 0. The zero-order valence-electron chi connectivity index (χ0n) is 17.5. The third-order valence-electron chi connectivity index (χ3n) is 5.21. The molecule has 0 bridgehead atoms. The topological polar surface area (TPSA) is 44.9 Å². The van der Waals surface area contributed by atoms with Gasteiger partial charge < -0.3 is 10.3 Å². The Morgan fingerprint density at radius 2 is 1.50 bits per heavy atom. The second-order valence-corrected chi connectivity index (χ2v) is 7.77. The molecule has 3 aromatic carbocycles. The van der Waals surface area contributed by atoms with Crippen molar-refractivity contribution in [3.05, 3.63) is 102 Å². The van der Waals surface area contributed by atoms with Crippen molar-refractivity contribution in [2.75, 3.05) is 5.32 Å². The Morgan fingerprint density at radius 3 is 2.12 bits per heavy atom. The smallest absolute Gasteiger partial charge is 0.258 e. The van der Waals surface area contributed by atoms with Crippen LogP contribution in [-0.4, -0.2) is 10.9 Å². The molecule has 4 rings (SSSR count). The number of rotatable bonds is 5. The molecule has 32 heavy (non-hydrogen) atoms. The van der Waals surface area contributed by atoms with E-state index in [4.69, 9.17) is 0 Å². The van der Waals surface area contributed by atoms with Crippen LogP contribution in [-0.2, 0) is 0 Å². The van der Waals surface area contributed by atoms with E-state index in [1.807, 2.05) is 44.2 Å². The molecule has 0 aliphatic rings. The van der Waals surface area contributed by atoms with Gasteiger partial charge >= 0.3 is 0 Å². The first-order chi connectivity index (χ1) is 15.3. The second kappa shape index (κ2) is 8.75. The summed E-state index contributed by atoms with van der Waals surface area (Å²) < 4.78 is 41.1. The van der Waals surface area contributed by atoms with E-state index < -0.39 is 17.5 Å². The number of halogens is 3. The fourth-order valence-electron chi connectivity index (χ4n) is 3.69. The second-order valence-electron chi connectivity index (χ2n) is 7.77. The van der Waals surface area contributed by atoms with E-state index in [0.29, 0.717) is 28.1 Å². The third-order valence-corrected chi connectivity index (χ3v) is 5.21. The molecule has 0 aliphatic heterocycles. The van der Waals surface area contributed by atoms with Crippen molar-refractivity contribution in [1.82, 2.24) is 4.98 Å². The number of carbonyl (C=O) groups excluding carboxylic acids is 1. The molecule has 3 nitrogen and oxygen atoms in total. The number of nitrogens with one attached hydrogen (secondary N) is 2. The van der Waals surface area contributed by atoms with Crippen LogP contribution >= 0.6 is 0 Å². The number of anilines is 1. The number of benzene rings is 3. The van der Waals surface area contributed by atoms with E-state index in [2.05, 4.69) is 10.3 Å². The highest BCUT2D eigenvalue weighted by molar-refractivity contribution is 6.12. The molecule has 1 heterocycles. The van der Waals surface area contributed by atoms with Gasteiger partial charge in [0.15, 0.2) is 0 Å². The van der Waals surface area contributed by atoms with Crippen LogP contribution in [0.5, 0.6) is 0 Å². The number of hydrogen-bond donors (Lipinski definition) is 2. The predicted molar refractivity (Wildman–Crippen MR) is 120 cm³/mol. The zero-order chi connectivity index (χ0) is 22.8. The average Bonchev–Trinajstić information content (AvgIpc) is 3.18. The summed E-state index contributed by atoms with van der Waals surface area (Å²) >= 11 is 0. The highest BCUT2D eigenvalue weighted by Crippen LogP contribution is 2.39. The molecule has 0 spiro atoms. The Morgan fingerprint density at radius 1 is 0.844 bits per heavy atom. The number of H-pyrrole nitrogens is 1. The first kappa shape index (κ1) is 21.4. The standard InChI is InChI=1S/C26H21F3N2O/c1-15(2)24-23(26(32)30-21-13-12-19(28)14-20(21)29)22(16-6-4-3-5-7-16)25(31-24)17-8-10-18(27)11-9-17/h3-15,31H,1-2H3,(H,30,32). The summed E-state index contributed by atoms with van der Waals surface area (Å²) in [6.45, 7) is 3.87. The lowest BCUT2D eigenvalue weighted by molar-refractivity contribution is 0.102. The molecule has 1 aromatic heterocycles. The van der Waals surface area contributed by atoms with E-state index in [9.17, 15) is 18.0 Å². The molecule has 2 N–H and O–H groups in total. The molecule has 0 saturated carbocycles. The van der Waals surface area contributed by atoms with E-state index in [1.54, 1.807) is 12.1 Å². The molecule has 162 valence electrons. The molecule has 1 amide bonds. The monoisotopic (exact) mass is 434 g/mol. The van der Waals surface area contributed by atoms with Crippen molar-refractivity contribution in [3.63, 3.8) is 0 Å². The van der Waals surface area contributed by atoms with Gasteiger partial charge in [-0.25, -0.2) is 13.2 Å². The van der Waals surface area contributed by atoms with Crippen molar-refractivity contribution >= 4 is 11.6 Å². The van der Waals surface area contributed by atoms with Gasteiger partial charge in [0.2, 0.25) is 0 Å². The summed E-state index contributed by atoms with van der Waals surface area (Å²) in [5.74, 6) is -2.54. The van der Waals surface area contributed by atoms with Crippen molar-refractivity contribution < 1.29 is 18.0 Å². The molecule has 6 heteroatoms. The van der Waals surface area contributed by atoms with E-state index in [-0.39, 0.29) is 17.4 Å². The summed E-state index contributed by atoms with van der Waals surface area (Å²) in [4.78, 5) is 16.8. The van der Waals surface area contributed by atoms with Crippen LogP contribution in [0, 0.1) is 17.5 Å². The average molecular weight is 434 g/mol. The first-order valence-electron chi connectivity index (χ1n) is 10.2. The fraction of sp³-hybridized carbons (Fsp3) is 0.115. The number of carbonyl (C=O) groups is 1. The van der Waals surface area contributed by atoms with E-state index in [0.717, 1.165) is 17.7 Å². The lowest BCUT2D eigenvalue weighted by Crippen LogP contribution is -2.16. The minimum absolute atomic E-state index is 0.0644. The molecule has 0 unspecified atom stereocenters. The Labute approximate surface area is 183 Å². The minimum Gasteiger partial charge on any atom is -0.357 e. The van der Waals surface area contributed by atoms with Crippen LogP contribution < -0.4 is 5.32 Å².